The molecule has 0 aromatic rings. The van der Waals surface area contributed by atoms with E-state index in [-0.39, 0.29) is 5.91 Å². The fraction of sp³-hybridized carbons (Fsp3) is 0.909. The van der Waals surface area contributed by atoms with Gasteiger partial charge < -0.3 is 10.5 Å². The van der Waals surface area contributed by atoms with Crippen LogP contribution in [0.1, 0.15) is 45.4 Å². The Bertz CT molecular complexity index is 174. The average molecular weight is 199 g/mol. The molecule has 0 aromatic heterocycles. The van der Waals surface area contributed by atoms with E-state index in [1.807, 2.05) is 0 Å². The molecule has 1 aliphatic rings. The second-order valence-electron chi connectivity index (χ2n) is 4.18. The zero-order valence-electron chi connectivity index (χ0n) is 9.00. The molecule has 0 atom stereocenters. The van der Waals surface area contributed by atoms with Crippen LogP contribution in [0.3, 0.4) is 0 Å². The summed E-state index contributed by atoms with van der Waals surface area (Å²) in [7, 11) is 0. The predicted octanol–water partition coefficient (Wildman–Crippen LogP) is 1.85. The maximum absolute atomic E-state index is 10.7. The van der Waals surface area contributed by atoms with Gasteiger partial charge in [0.1, 0.15) is 0 Å². The molecular weight excluding hydrogens is 178 g/mol. The van der Waals surface area contributed by atoms with Crippen LogP contribution in [0.15, 0.2) is 0 Å². The molecule has 1 amide bonds. The van der Waals surface area contributed by atoms with E-state index >= 15 is 0 Å². The SMILES string of the molecule is CCCOC1CCC(CC(N)=O)CC1. The van der Waals surface area contributed by atoms with Crippen molar-refractivity contribution in [1.29, 1.82) is 0 Å². The van der Waals surface area contributed by atoms with Gasteiger partial charge in [-0.05, 0) is 38.0 Å². The normalized spacial score (nSPS) is 27.5. The Morgan fingerprint density at radius 2 is 2.00 bits per heavy atom. The summed E-state index contributed by atoms with van der Waals surface area (Å²) in [6, 6.07) is 0. The number of primary amides is 1. The molecule has 1 fully saturated rings. The van der Waals surface area contributed by atoms with E-state index in [4.69, 9.17) is 10.5 Å². The molecular formula is C11H21NO2. The number of rotatable bonds is 5. The van der Waals surface area contributed by atoms with Crippen molar-refractivity contribution in [2.45, 2.75) is 51.6 Å². The van der Waals surface area contributed by atoms with E-state index in [1.165, 1.54) is 0 Å². The van der Waals surface area contributed by atoms with Crippen molar-refractivity contribution in [2.75, 3.05) is 6.61 Å². The quantitative estimate of drug-likeness (QED) is 0.734. The Balaban J connectivity index is 2.14. The van der Waals surface area contributed by atoms with Crippen LogP contribution in [0.2, 0.25) is 0 Å². The number of carbonyl (C=O) groups is 1. The summed E-state index contributed by atoms with van der Waals surface area (Å²) in [6.07, 6.45) is 6.45. The molecule has 0 bridgehead atoms. The molecule has 2 N–H and O–H groups in total. The minimum Gasteiger partial charge on any atom is -0.378 e. The van der Waals surface area contributed by atoms with E-state index in [0.717, 1.165) is 38.7 Å². The molecule has 0 heterocycles. The van der Waals surface area contributed by atoms with Crippen molar-refractivity contribution in [1.82, 2.24) is 0 Å². The first-order chi connectivity index (χ1) is 6.72. The summed E-state index contributed by atoms with van der Waals surface area (Å²) in [5.74, 6) is 0.344. The summed E-state index contributed by atoms with van der Waals surface area (Å²) in [4.78, 5) is 10.7. The lowest BCUT2D eigenvalue weighted by atomic mass is 9.85. The fourth-order valence-electron chi connectivity index (χ4n) is 2.07. The van der Waals surface area contributed by atoms with E-state index in [0.29, 0.717) is 18.4 Å². The molecule has 14 heavy (non-hydrogen) atoms. The first-order valence-corrected chi connectivity index (χ1v) is 5.62. The Hall–Kier alpha value is -0.570. The molecule has 82 valence electrons. The first-order valence-electron chi connectivity index (χ1n) is 5.62. The minimum absolute atomic E-state index is 0.164. The maximum atomic E-state index is 10.7. The standard InChI is InChI=1S/C11H21NO2/c1-2-7-14-10-5-3-9(4-6-10)8-11(12)13/h9-10H,2-8H2,1H3,(H2,12,13). The Morgan fingerprint density at radius 1 is 1.36 bits per heavy atom. The van der Waals surface area contributed by atoms with Gasteiger partial charge in [-0.1, -0.05) is 6.92 Å². The van der Waals surface area contributed by atoms with Crippen LogP contribution >= 0.6 is 0 Å². The summed E-state index contributed by atoms with van der Waals surface area (Å²) in [5, 5.41) is 0. The summed E-state index contributed by atoms with van der Waals surface area (Å²) >= 11 is 0. The predicted molar refractivity (Wildman–Crippen MR) is 55.8 cm³/mol. The highest BCUT2D eigenvalue weighted by Gasteiger charge is 2.22. The molecule has 1 aliphatic carbocycles. The van der Waals surface area contributed by atoms with Crippen LogP contribution in [0.5, 0.6) is 0 Å². The molecule has 3 nitrogen and oxygen atoms in total. The summed E-state index contributed by atoms with van der Waals surface area (Å²) in [5.41, 5.74) is 5.17. The third kappa shape index (κ3) is 4.09. The molecule has 1 rings (SSSR count). The lowest BCUT2D eigenvalue weighted by molar-refractivity contribution is -0.119. The Morgan fingerprint density at radius 3 is 2.50 bits per heavy atom. The zero-order valence-corrected chi connectivity index (χ0v) is 9.00. The first kappa shape index (κ1) is 11.5. The highest BCUT2D eigenvalue weighted by molar-refractivity contribution is 5.73. The van der Waals surface area contributed by atoms with Crippen LogP contribution in [-0.2, 0) is 9.53 Å². The van der Waals surface area contributed by atoms with Crippen LogP contribution < -0.4 is 5.73 Å². The number of amides is 1. The van der Waals surface area contributed by atoms with Crippen LogP contribution in [-0.4, -0.2) is 18.6 Å². The van der Waals surface area contributed by atoms with Crippen molar-refractivity contribution in [3.63, 3.8) is 0 Å². The molecule has 1 saturated carbocycles. The smallest absolute Gasteiger partial charge is 0.217 e. The number of hydrogen-bond donors (Lipinski definition) is 1. The van der Waals surface area contributed by atoms with Gasteiger partial charge in [0.25, 0.3) is 0 Å². The molecule has 0 aromatic carbocycles. The fourth-order valence-corrected chi connectivity index (χ4v) is 2.07. The van der Waals surface area contributed by atoms with Gasteiger partial charge >= 0.3 is 0 Å². The van der Waals surface area contributed by atoms with Gasteiger partial charge in [-0.2, -0.15) is 0 Å². The number of ether oxygens (including phenoxy) is 1. The molecule has 0 unspecified atom stereocenters. The molecule has 0 spiro atoms. The molecule has 3 heteroatoms. The monoisotopic (exact) mass is 199 g/mol. The molecule has 0 aliphatic heterocycles. The lowest BCUT2D eigenvalue weighted by Crippen LogP contribution is -2.25. The van der Waals surface area contributed by atoms with Crippen LogP contribution in [0.25, 0.3) is 0 Å². The van der Waals surface area contributed by atoms with Crippen molar-refractivity contribution in [3.8, 4) is 0 Å². The largest absolute Gasteiger partial charge is 0.378 e. The van der Waals surface area contributed by atoms with Crippen LogP contribution in [0, 0.1) is 5.92 Å². The molecule has 0 saturated heterocycles. The van der Waals surface area contributed by atoms with Crippen molar-refractivity contribution in [3.05, 3.63) is 0 Å². The second-order valence-corrected chi connectivity index (χ2v) is 4.18. The van der Waals surface area contributed by atoms with Gasteiger partial charge in [0, 0.05) is 13.0 Å². The van der Waals surface area contributed by atoms with E-state index in [9.17, 15) is 4.79 Å². The number of carbonyl (C=O) groups excluding carboxylic acids is 1. The van der Waals surface area contributed by atoms with Gasteiger partial charge in [0.05, 0.1) is 6.10 Å². The Labute approximate surface area is 86.0 Å². The Kier molecular flexibility index (Phi) is 4.94. The maximum Gasteiger partial charge on any atom is 0.217 e. The molecule has 0 radical (unpaired) electrons. The van der Waals surface area contributed by atoms with Gasteiger partial charge in [0.2, 0.25) is 5.91 Å². The lowest BCUT2D eigenvalue weighted by Gasteiger charge is -2.27. The number of nitrogens with two attached hydrogens (primary N) is 1. The third-order valence-corrected chi connectivity index (χ3v) is 2.84. The highest BCUT2D eigenvalue weighted by atomic mass is 16.5. The topological polar surface area (TPSA) is 52.3 Å². The number of hydrogen-bond acceptors (Lipinski definition) is 2. The summed E-state index contributed by atoms with van der Waals surface area (Å²) in [6.45, 7) is 2.99. The van der Waals surface area contributed by atoms with Gasteiger partial charge in [-0.25, -0.2) is 0 Å². The van der Waals surface area contributed by atoms with Gasteiger partial charge in [-0.3, -0.25) is 4.79 Å². The van der Waals surface area contributed by atoms with Crippen LogP contribution in [0.4, 0.5) is 0 Å². The van der Waals surface area contributed by atoms with Gasteiger partial charge in [0.15, 0.2) is 0 Å². The average Bonchev–Trinajstić information content (AvgIpc) is 2.16. The van der Waals surface area contributed by atoms with Crippen molar-refractivity contribution < 1.29 is 9.53 Å². The summed E-state index contributed by atoms with van der Waals surface area (Å²) < 4.78 is 5.67. The van der Waals surface area contributed by atoms with E-state index in [2.05, 4.69) is 6.92 Å². The van der Waals surface area contributed by atoms with Crippen molar-refractivity contribution in [2.24, 2.45) is 11.7 Å². The third-order valence-electron chi connectivity index (χ3n) is 2.84. The van der Waals surface area contributed by atoms with Crippen molar-refractivity contribution >= 4 is 5.91 Å². The zero-order chi connectivity index (χ0) is 10.4. The highest BCUT2D eigenvalue weighted by Crippen LogP contribution is 2.28. The van der Waals surface area contributed by atoms with Gasteiger partial charge in [-0.15, -0.1) is 0 Å². The van der Waals surface area contributed by atoms with E-state index < -0.39 is 0 Å². The second kappa shape index (κ2) is 6.02. The minimum atomic E-state index is -0.164. The van der Waals surface area contributed by atoms with E-state index in [1.54, 1.807) is 0 Å².